The van der Waals surface area contributed by atoms with Gasteiger partial charge < -0.3 is 15.7 Å². The van der Waals surface area contributed by atoms with Crippen LogP contribution >= 0.6 is 0 Å². The van der Waals surface area contributed by atoms with Crippen molar-refractivity contribution in [3.8, 4) is 0 Å². The van der Waals surface area contributed by atoms with Gasteiger partial charge in [0.25, 0.3) is 0 Å². The molecule has 3 heteroatoms. The monoisotopic (exact) mass is 174 g/mol. The molecule has 0 aromatic carbocycles. The molecule has 0 aromatic heterocycles. The average Bonchev–Trinajstić information content (AvgIpc) is 1.95. The summed E-state index contributed by atoms with van der Waals surface area (Å²) in [6.45, 7) is 6.37. The number of nitrogens with zero attached hydrogens (tertiary/aromatic N) is 1. The van der Waals surface area contributed by atoms with E-state index in [0.717, 1.165) is 32.5 Å². The van der Waals surface area contributed by atoms with Gasteiger partial charge in [0.15, 0.2) is 0 Å². The van der Waals surface area contributed by atoms with Gasteiger partial charge in [0.05, 0.1) is 5.60 Å². The van der Waals surface area contributed by atoms with Crippen molar-refractivity contribution < 1.29 is 5.11 Å². The molecule has 0 heterocycles. The molecule has 0 bridgehead atoms. The Bertz CT molecular complexity index is 110. The highest BCUT2D eigenvalue weighted by molar-refractivity contribution is 4.67. The first kappa shape index (κ1) is 11.9. The van der Waals surface area contributed by atoms with Crippen molar-refractivity contribution in [1.29, 1.82) is 0 Å². The van der Waals surface area contributed by atoms with Crippen molar-refractivity contribution in [2.45, 2.75) is 32.3 Å². The van der Waals surface area contributed by atoms with E-state index in [0.29, 0.717) is 0 Å². The summed E-state index contributed by atoms with van der Waals surface area (Å²) in [7, 11) is 2.06. The minimum absolute atomic E-state index is 0.545. The van der Waals surface area contributed by atoms with E-state index in [1.807, 2.05) is 13.8 Å². The van der Waals surface area contributed by atoms with E-state index in [-0.39, 0.29) is 0 Å². The molecule has 3 N–H and O–H groups in total. The van der Waals surface area contributed by atoms with E-state index in [1.54, 1.807) is 0 Å². The van der Waals surface area contributed by atoms with Crippen LogP contribution in [0.5, 0.6) is 0 Å². The van der Waals surface area contributed by atoms with Crippen LogP contribution in [0.15, 0.2) is 0 Å². The lowest BCUT2D eigenvalue weighted by Crippen LogP contribution is -2.29. The van der Waals surface area contributed by atoms with Gasteiger partial charge in [-0.2, -0.15) is 0 Å². The minimum Gasteiger partial charge on any atom is -0.390 e. The van der Waals surface area contributed by atoms with Gasteiger partial charge in [-0.15, -0.1) is 0 Å². The molecule has 0 radical (unpaired) electrons. The zero-order valence-electron chi connectivity index (χ0n) is 8.51. The first-order chi connectivity index (χ1) is 5.45. The molecule has 12 heavy (non-hydrogen) atoms. The second kappa shape index (κ2) is 5.51. The lowest BCUT2D eigenvalue weighted by molar-refractivity contribution is 0.0607. The molecule has 0 aromatic rings. The molecular formula is C9H22N2O. The SMILES string of the molecule is CN(CCCN)CCC(C)(C)O. The van der Waals surface area contributed by atoms with Gasteiger partial charge in [0.2, 0.25) is 0 Å². The summed E-state index contributed by atoms with van der Waals surface area (Å²) < 4.78 is 0. The van der Waals surface area contributed by atoms with Gasteiger partial charge in [0, 0.05) is 6.54 Å². The van der Waals surface area contributed by atoms with Crippen LogP contribution in [0.2, 0.25) is 0 Å². The van der Waals surface area contributed by atoms with Crippen LogP contribution < -0.4 is 5.73 Å². The summed E-state index contributed by atoms with van der Waals surface area (Å²) in [5.74, 6) is 0. The third-order valence-corrected chi connectivity index (χ3v) is 1.85. The molecule has 0 aliphatic rings. The Morgan fingerprint density at radius 2 is 1.92 bits per heavy atom. The molecule has 0 amide bonds. The highest BCUT2D eigenvalue weighted by Crippen LogP contribution is 2.07. The van der Waals surface area contributed by atoms with Crippen LogP contribution in [0.1, 0.15) is 26.7 Å². The third-order valence-electron chi connectivity index (χ3n) is 1.85. The Balaban J connectivity index is 3.37. The normalized spacial score (nSPS) is 12.5. The third kappa shape index (κ3) is 7.98. The summed E-state index contributed by atoms with van der Waals surface area (Å²) in [6, 6.07) is 0. The number of aliphatic hydroxyl groups is 1. The largest absolute Gasteiger partial charge is 0.390 e. The van der Waals surface area contributed by atoms with Crippen molar-refractivity contribution in [2.24, 2.45) is 5.73 Å². The Hall–Kier alpha value is -0.120. The van der Waals surface area contributed by atoms with Gasteiger partial charge >= 0.3 is 0 Å². The Labute approximate surface area is 75.6 Å². The molecule has 0 rings (SSSR count). The van der Waals surface area contributed by atoms with E-state index in [9.17, 15) is 5.11 Å². The fourth-order valence-electron chi connectivity index (χ4n) is 0.937. The lowest BCUT2D eigenvalue weighted by Gasteiger charge is -2.22. The summed E-state index contributed by atoms with van der Waals surface area (Å²) in [5.41, 5.74) is 4.84. The zero-order valence-corrected chi connectivity index (χ0v) is 8.51. The molecule has 0 unspecified atom stereocenters. The second-order valence-electron chi connectivity index (χ2n) is 4.01. The number of nitrogens with two attached hydrogens (primary N) is 1. The smallest absolute Gasteiger partial charge is 0.0603 e. The number of rotatable bonds is 6. The molecular weight excluding hydrogens is 152 g/mol. The minimum atomic E-state index is -0.545. The predicted molar refractivity (Wildman–Crippen MR) is 52.1 cm³/mol. The number of hydrogen-bond donors (Lipinski definition) is 2. The maximum atomic E-state index is 9.44. The molecule has 0 fully saturated rings. The molecule has 0 atom stereocenters. The van der Waals surface area contributed by atoms with Crippen molar-refractivity contribution in [1.82, 2.24) is 4.90 Å². The first-order valence-electron chi connectivity index (χ1n) is 4.57. The number of hydrogen-bond acceptors (Lipinski definition) is 3. The molecule has 0 aliphatic carbocycles. The fourth-order valence-corrected chi connectivity index (χ4v) is 0.937. The van der Waals surface area contributed by atoms with Crippen molar-refractivity contribution >= 4 is 0 Å². The molecule has 0 saturated carbocycles. The standard InChI is InChI=1S/C9H22N2O/c1-9(2,12)5-8-11(3)7-4-6-10/h12H,4-8,10H2,1-3H3. The van der Waals surface area contributed by atoms with Gasteiger partial charge in [-0.25, -0.2) is 0 Å². The van der Waals surface area contributed by atoms with Crippen LogP contribution in [-0.2, 0) is 0 Å². The molecule has 0 aliphatic heterocycles. The summed E-state index contributed by atoms with van der Waals surface area (Å²) in [6.07, 6.45) is 1.84. The summed E-state index contributed by atoms with van der Waals surface area (Å²) >= 11 is 0. The van der Waals surface area contributed by atoms with E-state index in [1.165, 1.54) is 0 Å². The maximum Gasteiger partial charge on any atom is 0.0603 e. The predicted octanol–water partition coefficient (Wildman–Crippen LogP) is 0.428. The van der Waals surface area contributed by atoms with E-state index in [4.69, 9.17) is 5.73 Å². The van der Waals surface area contributed by atoms with Gasteiger partial charge in [-0.05, 0) is 46.8 Å². The van der Waals surface area contributed by atoms with Gasteiger partial charge in [0.1, 0.15) is 0 Å². The summed E-state index contributed by atoms with van der Waals surface area (Å²) in [5, 5.41) is 9.44. The van der Waals surface area contributed by atoms with Crippen LogP contribution in [-0.4, -0.2) is 42.3 Å². The van der Waals surface area contributed by atoms with Crippen molar-refractivity contribution in [3.05, 3.63) is 0 Å². The average molecular weight is 174 g/mol. The quantitative estimate of drug-likeness (QED) is 0.614. The van der Waals surface area contributed by atoms with Crippen molar-refractivity contribution in [2.75, 3.05) is 26.7 Å². The zero-order chi connectivity index (χ0) is 9.61. The van der Waals surface area contributed by atoms with E-state index >= 15 is 0 Å². The molecule has 0 spiro atoms. The van der Waals surface area contributed by atoms with Crippen LogP contribution in [0.25, 0.3) is 0 Å². The topological polar surface area (TPSA) is 49.5 Å². The second-order valence-corrected chi connectivity index (χ2v) is 4.01. The van der Waals surface area contributed by atoms with Crippen LogP contribution in [0.3, 0.4) is 0 Å². The van der Waals surface area contributed by atoms with E-state index < -0.39 is 5.60 Å². The van der Waals surface area contributed by atoms with Gasteiger partial charge in [-0.3, -0.25) is 0 Å². The van der Waals surface area contributed by atoms with Crippen LogP contribution in [0, 0.1) is 0 Å². The molecule has 0 saturated heterocycles. The van der Waals surface area contributed by atoms with Crippen molar-refractivity contribution in [3.63, 3.8) is 0 Å². The van der Waals surface area contributed by atoms with Gasteiger partial charge in [-0.1, -0.05) is 0 Å². The Morgan fingerprint density at radius 3 is 2.33 bits per heavy atom. The van der Waals surface area contributed by atoms with Crippen LogP contribution in [0.4, 0.5) is 0 Å². The molecule has 3 nitrogen and oxygen atoms in total. The highest BCUT2D eigenvalue weighted by Gasteiger charge is 2.12. The first-order valence-corrected chi connectivity index (χ1v) is 4.57. The Morgan fingerprint density at radius 1 is 1.33 bits per heavy atom. The van der Waals surface area contributed by atoms with E-state index in [2.05, 4.69) is 11.9 Å². The molecule has 74 valence electrons. The highest BCUT2D eigenvalue weighted by atomic mass is 16.3. The Kier molecular flexibility index (Phi) is 5.46. The maximum absolute atomic E-state index is 9.44. The summed E-state index contributed by atoms with van der Waals surface area (Å²) in [4.78, 5) is 2.20. The fraction of sp³-hybridized carbons (Fsp3) is 1.00. The lowest BCUT2D eigenvalue weighted by atomic mass is 10.1.